The smallest absolute Gasteiger partial charge is 0.394 e. The van der Waals surface area contributed by atoms with Crippen LogP contribution in [0.3, 0.4) is 0 Å². The molecule has 1 aliphatic heterocycles. The summed E-state index contributed by atoms with van der Waals surface area (Å²) >= 11 is 0. The van der Waals surface area contributed by atoms with Gasteiger partial charge in [0, 0.05) is 6.42 Å². The fourth-order valence-electron chi connectivity index (χ4n) is 10.1. The van der Waals surface area contributed by atoms with Crippen LogP contribution in [0.15, 0.2) is 0 Å². The number of ether oxygens (including phenoxy) is 2. The van der Waals surface area contributed by atoms with E-state index in [0.29, 0.717) is 12.8 Å². The number of unbranched alkanes of at least 4 members (excludes halogenated alkanes) is 41. The second kappa shape index (κ2) is 47.8. The third-order valence-corrected chi connectivity index (χ3v) is 15.1. The standard InChI is InChI=1S/C57H113NO11S/c1-3-5-7-9-11-13-15-17-19-21-23-24-25-26-27-29-30-32-34-36-38-40-42-44-46-51(60)50(49-67-57-55(63)56(69-70(64,65)66)54(62)52(48-59)68-57)58-53(61)47-45-43-41-39-37-35-33-31-28-22-20-18-16-14-12-10-8-6-4-2/h50-52,54-57,59-60,62-63H,3-49H2,1-2H3,(H,58,61)(H,64,65,66). The Labute approximate surface area is 430 Å². The average molecular weight is 1020 g/mol. The van der Waals surface area contributed by atoms with E-state index in [-0.39, 0.29) is 12.5 Å². The Hall–Kier alpha value is -0.900. The molecule has 1 heterocycles. The maximum atomic E-state index is 13.2. The fourth-order valence-corrected chi connectivity index (χ4v) is 10.6. The van der Waals surface area contributed by atoms with E-state index in [4.69, 9.17) is 9.47 Å². The van der Waals surface area contributed by atoms with Gasteiger partial charge in [0.15, 0.2) is 6.29 Å². The molecule has 0 aromatic rings. The van der Waals surface area contributed by atoms with E-state index in [0.717, 1.165) is 51.4 Å². The van der Waals surface area contributed by atoms with Gasteiger partial charge in [-0.1, -0.05) is 284 Å². The van der Waals surface area contributed by atoms with E-state index < -0.39 is 59.9 Å². The molecule has 0 saturated carbocycles. The van der Waals surface area contributed by atoms with Gasteiger partial charge in [0.1, 0.15) is 24.4 Å². The van der Waals surface area contributed by atoms with Gasteiger partial charge in [-0.05, 0) is 12.8 Å². The van der Waals surface area contributed by atoms with Gasteiger partial charge in [-0.2, -0.15) is 8.42 Å². The summed E-state index contributed by atoms with van der Waals surface area (Å²) in [5.74, 6) is -0.222. The molecule has 1 aliphatic rings. The van der Waals surface area contributed by atoms with Crippen LogP contribution in [0, 0.1) is 0 Å². The lowest BCUT2D eigenvalue weighted by Crippen LogP contribution is -2.61. The first-order chi connectivity index (χ1) is 34.0. The van der Waals surface area contributed by atoms with Gasteiger partial charge in [0.25, 0.3) is 0 Å². The van der Waals surface area contributed by atoms with Crippen LogP contribution < -0.4 is 5.32 Å². The Balaban J connectivity index is 2.32. The van der Waals surface area contributed by atoms with Crippen molar-refractivity contribution >= 4 is 16.3 Å². The molecule has 7 atom stereocenters. The van der Waals surface area contributed by atoms with Crippen molar-refractivity contribution in [2.75, 3.05) is 13.2 Å². The molecule has 12 nitrogen and oxygen atoms in total. The molecule has 7 unspecified atom stereocenters. The zero-order chi connectivity index (χ0) is 51.2. The lowest BCUT2D eigenvalue weighted by molar-refractivity contribution is -0.298. The minimum atomic E-state index is -5.08. The Morgan fingerprint density at radius 1 is 0.514 bits per heavy atom. The van der Waals surface area contributed by atoms with E-state index in [2.05, 4.69) is 23.3 Å². The molecule has 0 radical (unpaired) electrons. The van der Waals surface area contributed by atoms with Crippen LogP contribution in [0.4, 0.5) is 0 Å². The quantitative estimate of drug-likeness (QED) is 0.0251. The fraction of sp³-hybridized carbons (Fsp3) is 0.982. The number of hydrogen-bond acceptors (Lipinski definition) is 10. The second-order valence-corrected chi connectivity index (χ2v) is 22.4. The van der Waals surface area contributed by atoms with Crippen LogP contribution in [0.25, 0.3) is 0 Å². The van der Waals surface area contributed by atoms with E-state index in [1.165, 1.54) is 225 Å². The van der Waals surface area contributed by atoms with Crippen molar-refractivity contribution in [1.29, 1.82) is 0 Å². The van der Waals surface area contributed by atoms with E-state index in [9.17, 15) is 38.2 Å². The van der Waals surface area contributed by atoms with Gasteiger partial charge in [-0.25, -0.2) is 4.18 Å². The van der Waals surface area contributed by atoms with Gasteiger partial charge in [0.05, 0.1) is 25.4 Å². The van der Waals surface area contributed by atoms with Gasteiger partial charge >= 0.3 is 10.4 Å². The van der Waals surface area contributed by atoms with Crippen LogP contribution >= 0.6 is 0 Å². The zero-order valence-electron chi connectivity index (χ0n) is 45.4. The number of hydrogen-bond donors (Lipinski definition) is 6. The summed E-state index contributed by atoms with van der Waals surface area (Å²) < 4.78 is 48.0. The first-order valence-electron chi connectivity index (χ1n) is 29.9. The van der Waals surface area contributed by atoms with Crippen LogP contribution in [-0.2, 0) is 28.9 Å². The molecule has 1 rings (SSSR count). The van der Waals surface area contributed by atoms with Crippen molar-refractivity contribution in [3.05, 3.63) is 0 Å². The van der Waals surface area contributed by atoms with Crippen molar-refractivity contribution in [3.63, 3.8) is 0 Å². The third-order valence-electron chi connectivity index (χ3n) is 14.7. The topological polar surface area (TPSA) is 192 Å². The normalized spacial score (nSPS) is 19.4. The van der Waals surface area contributed by atoms with Crippen LogP contribution in [0.5, 0.6) is 0 Å². The maximum Gasteiger partial charge on any atom is 0.397 e. The Morgan fingerprint density at radius 2 is 0.829 bits per heavy atom. The SMILES string of the molecule is CCCCCCCCCCCCCCCCCCCCCCCCCCC(O)C(COC1OC(CO)C(O)C(OS(=O)(=O)O)C1O)NC(=O)CCCCCCCCCCCCCCCCCCCCC. The van der Waals surface area contributed by atoms with Crippen molar-refractivity contribution in [2.45, 2.75) is 346 Å². The highest BCUT2D eigenvalue weighted by atomic mass is 32.3. The molecule has 418 valence electrons. The zero-order valence-corrected chi connectivity index (χ0v) is 46.2. The van der Waals surface area contributed by atoms with Gasteiger partial charge in [-0.15, -0.1) is 0 Å². The third kappa shape index (κ3) is 39.5. The number of carbonyl (C=O) groups is 1. The Morgan fingerprint density at radius 3 is 1.14 bits per heavy atom. The predicted molar refractivity (Wildman–Crippen MR) is 287 cm³/mol. The molecule has 0 aromatic carbocycles. The molecule has 13 heteroatoms. The summed E-state index contributed by atoms with van der Waals surface area (Å²) in [6.45, 7) is 3.51. The lowest BCUT2D eigenvalue weighted by Gasteiger charge is -2.41. The van der Waals surface area contributed by atoms with Gasteiger partial charge in [-0.3, -0.25) is 9.35 Å². The average Bonchev–Trinajstić information content (AvgIpc) is 3.33. The maximum absolute atomic E-state index is 13.2. The molecule has 0 bridgehead atoms. The highest BCUT2D eigenvalue weighted by Gasteiger charge is 2.48. The first-order valence-corrected chi connectivity index (χ1v) is 31.3. The second-order valence-electron chi connectivity index (χ2n) is 21.3. The van der Waals surface area contributed by atoms with Crippen molar-refractivity contribution in [2.24, 2.45) is 0 Å². The number of aliphatic hydroxyl groups is 4. The minimum Gasteiger partial charge on any atom is -0.394 e. The molecular formula is C57H113NO11S. The number of aliphatic hydroxyl groups excluding tert-OH is 4. The number of carbonyl (C=O) groups excluding carboxylic acids is 1. The van der Waals surface area contributed by atoms with Gasteiger partial charge < -0.3 is 35.2 Å². The Kier molecular flexibility index (Phi) is 45.8. The summed E-state index contributed by atoms with van der Waals surface area (Å²) in [4.78, 5) is 13.2. The molecule has 0 aromatic heterocycles. The van der Waals surface area contributed by atoms with Crippen molar-refractivity contribution in [3.8, 4) is 0 Å². The first kappa shape index (κ1) is 67.1. The molecule has 0 aliphatic carbocycles. The van der Waals surface area contributed by atoms with E-state index in [1.54, 1.807) is 0 Å². The van der Waals surface area contributed by atoms with Crippen LogP contribution in [-0.4, -0.2) is 95.4 Å². The minimum absolute atomic E-state index is 0.222. The van der Waals surface area contributed by atoms with E-state index >= 15 is 0 Å². The molecule has 6 N–H and O–H groups in total. The number of rotatable bonds is 53. The molecule has 70 heavy (non-hydrogen) atoms. The molecule has 0 spiro atoms. The predicted octanol–water partition coefficient (Wildman–Crippen LogP) is 14.1. The van der Waals surface area contributed by atoms with Crippen LogP contribution in [0.2, 0.25) is 0 Å². The highest BCUT2D eigenvalue weighted by molar-refractivity contribution is 7.80. The monoisotopic (exact) mass is 1020 g/mol. The summed E-state index contributed by atoms with van der Waals surface area (Å²) in [6, 6.07) is -0.853. The number of amides is 1. The molecule has 1 saturated heterocycles. The Bertz CT molecular complexity index is 1240. The lowest BCUT2D eigenvalue weighted by atomic mass is 9.99. The summed E-state index contributed by atoms with van der Waals surface area (Å²) in [5, 5.41) is 45.2. The summed E-state index contributed by atoms with van der Waals surface area (Å²) in [7, 11) is -5.08. The van der Waals surface area contributed by atoms with Crippen LogP contribution in [0.1, 0.15) is 303 Å². The highest BCUT2D eigenvalue weighted by Crippen LogP contribution is 2.26. The molecular weight excluding hydrogens is 907 g/mol. The van der Waals surface area contributed by atoms with Crippen molar-refractivity contribution < 1.29 is 51.8 Å². The van der Waals surface area contributed by atoms with E-state index in [1.807, 2.05) is 0 Å². The largest absolute Gasteiger partial charge is 0.397 e. The van der Waals surface area contributed by atoms with Crippen molar-refractivity contribution in [1.82, 2.24) is 5.32 Å². The molecule has 1 amide bonds. The molecule has 1 fully saturated rings. The van der Waals surface area contributed by atoms with Gasteiger partial charge in [0.2, 0.25) is 5.91 Å². The summed E-state index contributed by atoms with van der Waals surface area (Å²) in [5.41, 5.74) is 0. The summed E-state index contributed by atoms with van der Waals surface area (Å²) in [6.07, 6.45) is 46.8. The number of nitrogens with one attached hydrogen (secondary N) is 1.